The third kappa shape index (κ3) is 7.06. The number of nitrogens with zero attached hydrogens (tertiary/aromatic N) is 4. The summed E-state index contributed by atoms with van der Waals surface area (Å²) in [5.41, 5.74) is 4.33. The molecule has 2 aliphatic rings. The Kier molecular flexibility index (Phi) is 8.28. The lowest BCUT2D eigenvalue weighted by Gasteiger charge is -2.32. The van der Waals surface area contributed by atoms with Gasteiger partial charge in [0.2, 0.25) is 11.9 Å². The Hall–Kier alpha value is -4.09. The molecule has 4 heterocycles. The number of carbonyl (C=O) groups excluding carboxylic acids is 3. The molecule has 2 aromatic heterocycles. The molecule has 0 radical (unpaired) electrons. The van der Waals surface area contributed by atoms with E-state index in [0.717, 1.165) is 73.3 Å². The SMILES string of the molecule is CC(=O)Nc1cccc(-c2cc(CNCC3CCN(c4nccc(C=C5SC(=O)NC5=O)n4)CC3)ccn2)c1. The smallest absolute Gasteiger partial charge is 0.290 e. The molecule has 0 saturated carbocycles. The molecule has 0 bridgehead atoms. The number of imide groups is 1. The molecule has 2 saturated heterocycles. The summed E-state index contributed by atoms with van der Waals surface area (Å²) in [5, 5.41) is 8.29. The van der Waals surface area contributed by atoms with E-state index >= 15 is 0 Å². The second-order valence-electron chi connectivity index (χ2n) is 9.51. The highest BCUT2D eigenvalue weighted by molar-refractivity contribution is 8.18. The Labute approximate surface area is 230 Å². The maximum atomic E-state index is 11.8. The maximum Gasteiger partial charge on any atom is 0.290 e. The number of rotatable bonds is 8. The monoisotopic (exact) mass is 543 g/mol. The number of amides is 3. The lowest BCUT2D eigenvalue weighted by atomic mass is 9.97. The van der Waals surface area contributed by atoms with Gasteiger partial charge in [-0.15, -0.1) is 0 Å². The van der Waals surface area contributed by atoms with Crippen LogP contribution >= 0.6 is 11.8 Å². The minimum absolute atomic E-state index is 0.102. The van der Waals surface area contributed by atoms with Crippen molar-refractivity contribution >= 4 is 46.5 Å². The molecule has 200 valence electrons. The molecule has 3 aromatic rings. The summed E-state index contributed by atoms with van der Waals surface area (Å²) >= 11 is 0.881. The third-order valence-electron chi connectivity index (χ3n) is 6.55. The molecule has 0 atom stereocenters. The Bertz CT molecular complexity index is 1420. The van der Waals surface area contributed by atoms with Crippen LogP contribution in [0.25, 0.3) is 17.3 Å². The van der Waals surface area contributed by atoms with Gasteiger partial charge in [-0.1, -0.05) is 12.1 Å². The van der Waals surface area contributed by atoms with Gasteiger partial charge in [0.15, 0.2) is 0 Å². The second kappa shape index (κ2) is 12.2. The van der Waals surface area contributed by atoms with E-state index in [1.165, 1.54) is 6.92 Å². The van der Waals surface area contributed by atoms with Crippen molar-refractivity contribution in [3.05, 3.63) is 71.0 Å². The Morgan fingerprint density at radius 2 is 1.95 bits per heavy atom. The van der Waals surface area contributed by atoms with E-state index in [9.17, 15) is 14.4 Å². The van der Waals surface area contributed by atoms with Crippen molar-refractivity contribution in [3.8, 4) is 11.3 Å². The van der Waals surface area contributed by atoms with E-state index in [1.807, 2.05) is 36.5 Å². The van der Waals surface area contributed by atoms with Crippen LogP contribution in [0, 0.1) is 5.92 Å². The zero-order chi connectivity index (χ0) is 27.2. The number of nitrogens with one attached hydrogen (secondary N) is 3. The fourth-order valence-corrected chi connectivity index (χ4v) is 5.28. The number of piperidine rings is 1. The van der Waals surface area contributed by atoms with E-state index < -0.39 is 5.91 Å². The molecule has 5 rings (SSSR count). The lowest BCUT2D eigenvalue weighted by Crippen LogP contribution is -2.38. The lowest BCUT2D eigenvalue weighted by molar-refractivity contribution is -0.115. The van der Waals surface area contributed by atoms with E-state index in [0.29, 0.717) is 22.5 Å². The first-order valence-corrected chi connectivity index (χ1v) is 13.6. The van der Waals surface area contributed by atoms with Gasteiger partial charge in [0.25, 0.3) is 11.1 Å². The van der Waals surface area contributed by atoms with E-state index in [1.54, 1.807) is 18.3 Å². The summed E-state index contributed by atoms with van der Waals surface area (Å²) in [6.07, 6.45) is 7.16. The van der Waals surface area contributed by atoms with Crippen molar-refractivity contribution in [3.63, 3.8) is 0 Å². The van der Waals surface area contributed by atoms with Crippen LogP contribution < -0.4 is 20.9 Å². The van der Waals surface area contributed by atoms with Gasteiger partial charge in [0.05, 0.1) is 16.3 Å². The summed E-state index contributed by atoms with van der Waals surface area (Å²) in [7, 11) is 0. The zero-order valence-electron chi connectivity index (χ0n) is 21.5. The average molecular weight is 544 g/mol. The highest BCUT2D eigenvalue weighted by Crippen LogP contribution is 2.26. The molecule has 2 fully saturated rings. The first-order chi connectivity index (χ1) is 18.9. The molecule has 0 spiro atoms. The van der Waals surface area contributed by atoms with Gasteiger partial charge < -0.3 is 15.5 Å². The van der Waals surface area contributed by atoms with Gasteiger partial charge in [-0.25, -0.2) is 9.97 Å². The molecule has 2 aliphatic heterocycles. The molecular formula is C28H29N7O3S. The topological polar surface area (TPSA) is 129 Å². The first kappa shape index (κ1) is 26.5. The van der Waals surface area contributed by atoms with Crippen molar-refractivity contribution in [2.75, 3.05) is 29.9 Å². The van der Waals surface area contributed by atoms with E-state index in [4.69, 9.17) is 0 Å². The van der Waals surface area contributed by atoms with Crippen LogP contribution in [-0.2, 0) is 16.1 Å². The second-order valence-corrected chi connectivity index (χ2v) is 10.5. The standard InChI is InChI=1S/C28H29N7O3S/c1-18(36)32-22-4-2-3-21(14-22)24-13-20(5-9-30-24)17-29-16-19-7-11-35(12-8-19)27-31-10-6-23(33-27)15-25-26(37)34-28(38)39-25/h2-6,9-10,13-15,19,29H,7-8,11-12,16-17H2,1H3,(H,32,36)(H,34,37,38). The predicted octanol–water partition coefficient (Wildman–Crippen LogP) is 3.83. The molecule has 10 nitrogen and oxygen atoms in total. The number of benzene rings is 1. The van der Waals surface area contributed by atoms with Crippen molar-refractivity contribution in [2.24, 2.45) is 5.92 Å². The molecule has 1 aromatic carbocycles. The number of anilines is 2. The van der Waals surface area contributed by atoms with Crippen LogP contribution in [0.5, 0.6) is 0 Å². The Balaban J connectivity index is 1.11. The first-order valence-electron chi connectivity index (χ1n) is 12.8. The minimum Gasteiger partial charge on any atom is -0.341 e. The van der Waals surface area contributed by atoms with Crippen molar-refractivity contribution in [2.45, 2.75) is 26.3 Å². The van der Waals surface area contributed by atoms with Gasteiger partial charge in [0.1, 0.15) is 0 Å². The molecule has 0 unspecified atom stereocenters. The van der Waals surface area contributed by atoms with Gasteiger partial charge in [-0.3, -0.25) is 24.7 Å². The molecule has 11 heteroatoms. The Morgan fingerprint density at radius 3 is 2.72 bits per heavy atom. The summed E-state index contributed by atoms with van der Waals surface area (Å²) in [6.45, 7) is 4.86. The number of hydrogen-bond donors (Lipinski definition) is 3. The largest absolute Gasteiger partial charge is 0.341 e. The van der Waals surface area contributed by atoms with Crippen LogP contribution in [0.15, 0.2) is 59.8 Å². The third-order valence-corrected chi connectivity index (χ3v) is 7.36. The zero-order valence-corrected chi connectivity index (χ0v) is 22.3. The predicted molar refractivity (Wildman–Crippen MR) is 152 cm³/mol. The van der Waals surface area contributed by atoms with Crippen LogP contribution in [0.3, 0.4) is 0 Å². The molecule has 0 aliphatic carbocycles. The quantitative estimate of drug-likeness (QED) is 0.363. The highest BCUT2D eigenvalue weighted by atomic mass is 32.2. The summed E-state index contributed by atoms with van der Waals surface area (Å²) < 4.78 is 0. The fourth-order valence-electron chi connectivity index (χ4n) is 4.61. The average Bonchev–Trinajstić information content (AvgIpc) is 3.25. The fraction of sp³-hybridized carbons (Fsp3) is 0.286. The van der Waals surface area contributed by atoms with Crippen LogP contribution in [0.1, 0.15) is 31.0 Å². The summed E-state index contributed by atoms with van der Waals surface area (Å²) in [6, 6.07) is 13.5. The van der Waals surface area contributed by atoms with E-state index in [2.05, 4.69) is 41.9 Å². The number of pyridine rings is 1. The minimum atomic E-state index is -0.391. The van der Waals surface area contributed by atoms with Crippen molar-refractivity contribution in [1.82, 2.24) is 25.6 Å². The number of thioether (sulfide) groups is 1. The summed E-state index contributed by atoms with van der Waals surface area (Å²) in [5.74, 6) is 0.692. The number of hydrogen-bond acceptors (Lipinski definition) is 9. The number of aromatic nitrogens is 3. The van der Waals surface area contributed by atoms with Crippen LogP contribution in [-0.4, -0.2) is 51.6 Å². The molecule has 3 amide bonds. The molecular weight excluding hydrogens is 514 g/mol. The van der Waals surface area contributed by atoms with Crippen LogP contribution in [0.4, 0.5) is 16.4 Å². The van der Waals surface area contributed by atoms with Crippen molar-refractivity contribution in [1.29, 1.82) is 0 Å². The molecule has 39 heavy (non-hydrogen) atoms. The van der Waals surface area contributed by atoms with Crippen LogP contribution in [0.2, 0.25) is 0 Å². The van der Waals surface area contributed by atoms with Gasteiger partial charge in [0, 0.05) is 50.2 Å². The Morgan fingerprint density at radius 1 is 1.13 bits per heavy atom. The summed E-state index contributed by atoms with van der Waals surface area (Å²) in [4.78, 5) is 50.6. The highest BCUT2D eigenvalue weighted by Gasteiger charge is 2.25. The molecule has 3 N–H and O–H groups in total. The normalized spacial score (nSPS) is 16.9. The van der Waals surface area contributed by atoms with E-state index in [-0.39, 0.29) is 11.1 Å². The number of carbonyl (C=O) groups is 3. The van der Waals surface area contributed by atoms with Gasteiger partial charge in [-0.2, -0.15) is 0 Å². The maximum absolute atomic E-state index is 11.8. The van der Waals surface area contributed by atoms with Crippen molar-refractivity contribution < 1.29 is 14.4 Å². The van der Waals surface area contributed by atoms with Gasteiger partial charge in [-0.05, 0) is 79.0 Å². The van der Waals surface area contributed by atoms with Gasteiger partial charge >= 0.3 is 0 Å².